The zero-order chi connectivity index (χ0) is 14.4. The molecule has 0 spiro atoms. The number of rotatable bonds is 4. The van der Waals surface area contributed by atoms with Crippen molar-refractivity contribution in [3.05, 3.63) is 39.9 Å². The minimum absolute atomic E-state index is 0.0289. The molecule has 2 rings (SSSR count). The standard InChI is InChI=1S/C12H13N3O3S2/c16-11(12-19-6-1-7-20-12)14-13-8-9-2-4-10(5-3-9)15(17)18/h2-5,8,12H,1,6-7H2,(H,14,16)/b13-8-. The summed E-state index contributed by atoms with van der Waals surface area (Å²) in [7, 11) is 0. The van der Waals surface area contributed by atoms with Gasteiger partial charge in [0.15, 0.2) is 0 Å². The van der Waals surface area contributed by atoms with Crippen molar-refractivity contribution >= 4 is 41.3 Å². The third-order valence-electron chi connectivity index (χ3n) is 2.53. The maximum absolute atomic E-state index is 11.8. The van der Waals surface area contributed by atoms with Crippen LogP contribution in [0.25, 0.3) is 0 Å². The number of thioether (sulfide) groups is 2. The van der Waals surface area contributed by atoms with Crippen LogP contribution >= 0.6 is 23.5 Å². The normalized spacial score (nSPS) is 16.2. The zero-order valence-corrected chi connectivity index (χ0v) is 12.2. The molecule has 1 aromatic rings. The van der Waals surface area contributed by atoms with Gasteiger partial charge in [-0.2, -0.15) is 5.10 Å². The van der Waals surface area contributed by atoms with Crippen molar-refractivity contribution in [2.45, 2.75) is 11.0 Å². The van der Waals surface area contributed by atoms with Crippen molar-refractivity contribution in [1.29, 1.82) is 0 Å². The summed E-state index contributed by atoms with van der Waals surface area (Å²) in [6.07, 6.45) is 2.60. The van der Waals surface area contributed by atoms with Gasteiger partial charge >= 0.3 is 0 Å². The first-order valence-electron chi connectivity index (χ1n) is 5.97. The minimum atomic E-state index is -0.458. The maximum atomic E-state index is 11.8. The van der Waals surface area contributed by atoms with E-state index in [4.69, 9.17) is 0 Å². The average molecular weight is 311 g/mol. The third-order valence-corrected chi connectivity index (χ3v) is 5.43. The fourth-order valence-corrected chi connectivity index (χ4v) is 4.15. The maximum Gasteiger partial charge on any atom is 0.269 e. The highest BCUT2D eigenvalue weighted by Gasteiger charge is 2.21. The van der Waals surface area contributed by atoms with Crippen molar-refractivity contribution < 1.29 is 9.72 Å². The van der Waals surface area contributed by atoms with Gasteiger partial charge in [-0.15, -0.1) is 23.5 Å². The van der Waals surface area contributed by atoms with E-state index < -0.39 is 4.92 Å². The number of nitro benzene ring substituents is 1. The SMILES string of the molecule is O=C(N/N=C\c1ccc([N+](=O)[O-])cc1)C1SCCCS1. The summed E-state index contributed by atoms with van der Waals surface area (Å²) in [6, 6.07) is 5.96. The van der Waals surface area contributed by atoms with E-state index in [1.807, 2.05) is 0 Å². The first kappa shape index (κ1) is 14.9. The molecule has 1 aliphatic heterocycles. The first-order chi connectivity index (χ1) is 9.66. The van der Waals surface area contributed by atoms with Crippen LogP contribution in [0.2, 0.25) is 0 Å². The molecule has 0 radical (unpaired) electrons. The van der Waals surface area contributed by atoms with Crippen LogP contribution in [0.1, 0.15) is 12.0 Å². The van der Waals surface area contributed by atoms with Gasteiger partial charge in [0.05, 0.1) is 11.1 Å². The predicted molar refractivity (Wildman–Crippen MR) is 82.2 cm³/mol. The molecule has 1 saturated heterocycles. The van der Waals surface area contributed by atoms with Crippen molar-refractivity contribution in [2.24, 2.45) is 5.10 Å². The van der Waals surface area contributed by atoms with Crippen LogP contribution in [0, 0.1) is 10.1 Å². The lowest BCUT2D eigenvalue weighted by molar-refractivity contribution is -0.384. The van der Waals surface area contributed by atoms with Gasteiger partial charge in [0.25, 0.3) is 11.6 Å². The van der Waals surface area contributed by atoms with Crippen LogP contribution in [0.15, 0.2) is 29.4 Å². The van der Waals surface area contributed by atoms with Gasteiger partial charge in [0.1, 0.15) is 4.58 Å². The molecule has 1 aromatic carbocycles. The Morgan fingerprint density at radius 1 is 1.35 bits per heavy atom. The molecule has 1 N–H and O–H groups in total. The topological polar surface area (TPSA) is 84.6 Å². The van der Waals surface area contributed by atoms with Crippen molar-refractivity contribution in [1.82, 2.24) is 5.43 Å². The fourth-order valence-electron chi connectivity index (χ4n) is 1.54. The summed E-state index contributed by atoms with van der Waals surface area (Å²) in [4.78, 5) is 21.8. The summed E-state index contributed by atoms with van der Waals surface area (Å²) in [5.41, 5.74) is 3.22. The van der Waals surface area contributed by atoms with E-state index in [0.29, 0.717) is 5.56 Å². The molecule has 20 heavy (non-hydrogen) atoms. The number of hydrazone groups is 1. The number of nitro groups is 1. The second-order valence-corrected chi connectivity index (χ2v) is 6.73. The van der Waals surface area contributed by atoms with Gasteiger partial charge < -0.3 is 0 Å². The lowest BCUT2D eigenvalue weighted by Crippen LogP contribution is -2.29. The highest BCUT2D eigenvalue weighted by molar-refractivity contribution is 8.18. The van der Waals surface area contributed by atoms with Crippen LogP contribution in [0.3, 0.4) is 0 Å². The lowest BCUT2D eigenvalue weighted by atomic mass is 10.2. The van der Waals surface area contributed by atoms with Crippen molar-refractivity contribution in [2.75, 3.05) is 11.5 Å². The van der Waals surface area contributed by atoms with Gasteiger partial charge in [-0.25, -0.2) is 5.43 Å². The molecule has 0 saturated carbocycles. The number of carbonyl (C=O) groups is 1. The summed E-state index contributed by atoms with van der Waals surface area (Å²) in [6.45, 7) is 0. The Bertz CT molecular complexity index is 513. The van der Waals surface area contributed by atoms with Gasteiger partial charge in [0.2, 0.25) is 0 Å². The Balaban J connectivity index is 1.86. The van der Waals surface area contributed by atoms with E-state index in [9.17, 15) is 14.9 Å². The number of benzene rings is 1. The molecule has 0 atom stereocenters. The van der Waals surface area contributed by atoms with Gasteiger partial charge in [0, 0.05) is 12.1 Å². The van der Waals surface area contributed by atoms with Gasteiger partial charge in [-0.3, -0.25) is 14.9 Å². The van der Waals surface area contributed by atoms with Crippen molar-refractivity contribution in [3.63, 3.8) is 0 Å². The lowest BCUT2D eigenvalue weighted by Gasteiger charge is -2.18. The molecule has 1 amide bonds. The number of non-ortho nitro benzene ring substituents is 1. The summed E-state index contributed by atoms with van der Waals surface area (Å²) in [5.74, 6) is 1.88. The molecule has 106 valence electrons. The number of hydrogen-bond acceptors (Lipinski definition) is 6. The molecule has 1 aliphatic rings. The van der Waals surface area contributed by atoms with Crippen LogP contribution in [0.4, 0.5) is 5.69 Å². The highest BCUT2D eigenvalue weighted by Crippen LogP contribution is 2.30. The second kappa shape index (κ2) is 7.30. The molecule has 1 heterocycles. The third kappa shape index (κ3) is 4.24. The van der Waals surface area contributed by atoms with Crippen molar-refractivity contribution in [3.8, 4) is 0 Å². The number of nitrogens with one attached hydrogen (secondary N) is 1. The second-order valence-electron chi connectivity index (χ2n) is 4.01. The van der Waals surface area contributed by atoms with E-state index in [-0.39, 0.29) is 16.2 Å². The van der Waals surface area contributed by atoms with Gasteiger partial charge in [-0.1, -0.05) is 0 Å². The Hall–Kier alpha value is -1.54. The van der Waals surface area contributed by atoms with Crippen LogP contribution < -0.4 is 5.43 Å². The highest BCUT2D eigenvalue weighted by atomic mass is 32.2. The Labute approximate surface area is 124 Å². The molecule has 0 unspecified atom stereocenters. The monoisotopic (exact) mass is 311 g/mol. The first-order valence-corrected chi connectivity index (χ1v) is 8.07. The van der Waals surface area contributed by atoms with Crippen LogP contribution in [-0.2, 0) is 4.79 Å². The number of amides is 1. The fraction of sp³-hybridized carbons (Fsp3) is 0.333. The van der Waals surface area contributed by atoms with E-state index >= 15 is 0 Å². The summed E-state index contributed by atoms with van der Waals surface area (Å²) in [5, 5.41) is 14.4. The van der Waals surface area contributed by atoms with Crippen LogP contribution in [-0.4, -0.2) is 33.1 Å². The van der Waals surface area contributed by atoms with Crippen LogP contribution in [0.5, 0.6) is 0 Å². The summed E-state index contributed by atoms with van der Waals surface area (Å²) < 4.78 is -0.0993. The minimum Gasteiger partial charge on any atom is -0.271 e. The molecular weight excluding hydrogens is 298 g/mol. The van der Waals surface area contributed by atoms with Gasteiger partial charge in [-0.05, 0) is 35.6 Å². The molecule has 0 aliphatic carbocycles. The number of carbonyl (C=O) groups excluding carboxylic acids is 1. The Morgan fingerprint density at radius 2 is 2.00 bits per heavy atom. The number of nitrogens with zero attached hydrogens (tertiary/aromatic N) is 2. The molecule has 0 aromatic heterocycles. The largest absolute Gasteiger partial charge is 0.271 e. The molecule has 6 nitrogen and oxygen atoms in total. The molecular formula is C12H13N3O3S2. The van der Waals surface area contributed by atoms with E-state index in [2.05, 4.69) is 10.5 Å². The average Bonchev–Trinajstić information content (AvgIpc) is 2.48. The number of hydrogen-bond donors (Lipinski definition) is 1. The summed E-state index contributed by atoms with van der Waals surface area (Å²) >= 11 is 3.25. The van der Waals surface area contributed by atoms with E-state index in [1.54, 1.807) is 35.7 Å². The van der Waals surface area contributed by atoms with E-state index in [1.165, 1.54) is 18.3 Å². The van der Waals surface area contributed by atoms with E-state index in [0.717, 1.165) is 17.9 Å². The zero-order valence-electron chi connectivity index (χ0n) is 10.5. The molecule has 8 heteroatoms. The molecule has 1 fully saturated rings. The quantitative estimate of drug-likeness (QED) is 0.523. The Kier molecular flexibility index (Phi) is 5.42. The Morgan fingerprint density at radius 3 is 2.60 bits per heavy atom. The smallest absolute Gasteiger partial charge is 0.269 e. The molecule has 0 bridgehead atoms. The predicted octanol–water partition coefficient (Wildman–Crippen LogP) is 2.24.